The molecular formula is C17H23N5O2. The van der Waals surface area contributed by atoms with E-state index in [0.717, 1.165) is 46.2 Å². The number of nitrogens with one attached hydrogen (secondary N) is 1. The smallest absolute Gasteiger partial charge is 0.151 e. The fourth-order valence-electron chi connectivity index (χ4n) is 2.94. The van der Waals surface area contributed by atoms with Crippen LogP contribution in [0.4, 0.5) is 0 Å². The third-order valence-electron chi connectivity index (χ3n) is 4.44. The quantitative estimate of drug-likeness (QED) is 0.747. The highest BCUT2D eigenvalue weighted by Gasteiger charge is 2.19. The van der Waals surface area contributed by atoms with Crippen LogP contribution in [0.5, 0.6) is 0 Å². The van der Waals surface area contributed by atoms with Crippen LogP contribution >= 0.6 is 0 Å². The Bertz CT molecular complexity index is 811. The molecule has 7 heteroatoms. The van der Waals surface area contributed by atoms with Gasteiger partial charge in [-0.3, -0.25) is 4.68 Å². The van der Waals surface area contributed by atoms with Crippen LogP contribution in [0.3, 0.4) is 0 Å². The maximum atomic E-state index is 5.47. The van der Waals surface area contributed by atoms with Gasteiger partial charge in [0.2, 0.25) is 0 Å². The molecule has 128 valence electrons. The van der Waals surface area contributed by atoms with E-state index in [2.05, 4.69) is 27.7 Å². The van der Waals surface area contributed by atoms with E-state index in [0.29, 0.717) is 6.54 Å². The zero-order chi connectivity index (χ0) is 17.3. The minimum absolute atomic E-state index is 0.171. The van der Waals surface area contributed by atoms with Crippen molar-refractivity contribution in [2.24, 2.45) is 7.05 Å². The van der Waals surface area contributed by atoms with Crippen LogP contribution in [0.2, 0.25) is 0 Å². The third-order valence-corrected chi connectivity index (χ3v) is 4.44. The van der Waals surface area contributed by atoms with Gasteiger partial charge < -0.3 is 14.4 Å². The number of hydrogen-bond donors (Lipinski definition) is 1. The standard InChI is InChI=1S/C17H23N5O2/c1-6-15(17-10(2)20-23-12(17)4)18-8-13-7-16(21-24-13)14-9-19-22(5)11(14)3/h7,9,15,18H,6,8H2,1-5H3. The number of rotatable bonds is 6. The Labute approximate surface area is 141 Å². The molecular weight excluding hydrogens is 306 g/mol. The molecule has 3 aromatic heterocycles. The maximum Gasteiger partial charge on any atom is 0.151 e. The molecule has 24 heavy (non-hydrogen) atoms. The molecule has 0 aliphatic rings. The number of hydrogen-bond acceptors (Lipinski definition) is 6. The Hall–Kier alpha value is -2.41. The topological polar surface area (TPSA) is 81.9 Å². The lowest BCUT2D eigenvalue weighted by Crippen LogP contribution is -2.21. The number of aromatic nitrogens is 4. The summed E-state index contributed by atoms with van der Waals surface area (Å²) in [4.78, 5) is 0. The number of nitrogens with zero attached hydrogens (tertiary/aromatic N) is 4. The molecule has 0 amide bonds. The van der Waals surface area contributed by atoms with Gasteiger partial charge in [0.25, 0.3) is 0 Å². The van der Waals surface area contributed by atoms with Crippen molar-refractivity contribution in [3.8, 4) is 11.3 Å². The Morgan fingerprint density at radius 2 is 2.00 bits per heavy atom. The fraction of sp³-hybridized carbons (Fsp3) is 0.471. The lowest BCUT2D eigenvalue weighted by atomic mass is 10.0. The summed E-state index contributed by atoms with van der Waals surface area (Å²) in [7, 11) is 1.91. The second-order valence-electron chi connectivity index (χ2n) is 6.03. The third kappa shape index (κ3) is 2.99. The predicted octanol–water partition coefficient (Wildman–Crippen LogP) is 3.23. The molecule has 7 nitrogen and oxygen atoms in total. The fourth-order valence-corrected chi connectivity index (χ4v) is 2.94. The van der Waals surface area contributed by atoms with E-state index in [1.54, 1.807) is 0 Å². The predicted molar refractivity (Wildman–Crippen MR) is 89.3 cm³/mol. The molecule has 0 aromatic carbocycles. The zero-order valence-corrected chi connectivity index (χ0v) is 14.8. The van der Waals surface area contributed by atoms with Gasteiger partial charge in [0.1, 0.15) is 11.5 Å². The molecule has 1 atom stereocenters. The highest BCUT2D eigenvalue weighted by atomic mass is 16.5. The minimum atomic E-state index is 0.171. The lowest BCUT2D eigenvalue weighted by Gasteiger charge is -2.15. The van der Waals surface area contributed by atoms with E-state index in [1.807, 2.05) is 44.8 Å². The van der Waals surface area contributed by atoms with Gasteiger partial charge in [-0.1, -0.05) is 17.2 Å². The van der Waals surface area contributed by atoms with Gasteiger partial charge in [-0.25, -0.2) is 0 Å². The summed E-state index contributed by atoms with van der Waals surface area (Å²) >= 11 is 0. The van der Waals surface area contributed by atoms with Crippen LogP contribution in [-0.4, -0.2) is 20.1 Å². The van der Waals surface area contributed by atoms with E-state index in [4.69, 9.17) is 9.05 Å². The van der Waals surface area contributed by atoms with Crippen molar-refractivity contribution in [2.75, 3.05) is 0 Å². The molecule has 0 saturated carbocycles. The van der Waals surface area contributed by atoms with Gasteiger partial charge in [-0.05, 0) is 27.2 Å². The van der Waals surface area contributed by atoms with Crippen LogP contribution in [-0.2, 0) is 13.6 Å². The van der Waals surface area contributed by atoms with Crippen LogP contribution < -0.4 is 5.32 Å². The van der Waals surface area contributed by atoms with Crippen molar-refractivity contribution in [1.82, 2.24) is 25.4 Å². The van der Waals surface area contributed by atoms with E-state index >= 15 is 0 Å². The molecule has 0 radical (unpaired) electrons. The van der Waals surface area contributed by atoms with Gasteiger partial charge in [0, 0.05) is 36.0 Å². The molecule has 0 fully saturated rings. The largest absolute Gasteiger partial charge is 0.361 e. The Kier molecular flexibility index (Phi) is 4.53. The molecule has 0 bridgehead atoms. The van der Waals surface area contributed by atoms with Crippen LogP contribution in [0.25, 0.3) is 11.3 Å². The molecule has 0 aliphatic heterocycles. The lowest BCUT2D eigenvalue weighted by molar-refractivity contribution is 0.360. The monoisotopic (exact) mass is 329 g/mol. The first-order valence-electron chi connectivity index (χ1n) is 8.12. The summed E-state index contributed by atoms with van der Waals surface area (Å²) in [6.45, 7) is 8.65. The average Bonchev–Trinajstić information content (AvgIpc) is 3.24. The highest BCUT2D eigenvalue weighted by Crippen LogP contribution is 2.25. The van der Waals surface area contributed by atoms with Gasteiger partial charge in [-0.2, -0.15) is 5.10 Å². The molecule has 3 aromatic rings. The van der Waals surface area contributed by atoms with Crippen LogP contribution in [0.15, 0.2) is 21.3 Å². The minimum Gasteiger partial charge on any atom is -0.361 e. The van der Waals surface area contributed by atoms with Crippen molar-refractivity contribution in [1.29, 1.82) is 0 Å². The molecule has 0 saturated heterocycles. The normalized spacial score (nSPS) is 12.7. The van der Waals surface area contributed by atoms with Crippen molar-refractivity contribution in [3.05, 3.63) is 40.7 Å². The second-order valence-corrected chi connectivity index (χ2v) is 6.03. The summed E-state index contributed by atoms with van der Waals surface area (Å²) in [5.41, 5.74) is 4.91. The Morgan fingerprint density at radius 1 is 1.21 bits per heavy atom. The van der Waals surface area contributed by atoms with Crippen LogP contribution in [0, 0.1) is 20.8 Å². The average molecular weight is 329 g/mol. The molecule has 3 heterocycles. The van der Waals surface area contributed by atoms with E-state index in [9.17, 15) is 0 Å². The summed E-state index contributed by atoms with van der Waals surface area (Å²) in [6.07, 6.45) is 2.74. The van der Waals surface area contributed by atoms with E-state index in [1.165, 1.54) is 0 Å². The molecule has 0 spiro atoms. The summed E-state index contributed by atoms with van der Waals surface area (Å²) in [5.74, 6) is 1.65. The molecule has 0 aliphatic carbocycles. The molecule has 1 unspecified atom stereocenters. The van der Waals surface area contributed by atoms with Crippen LogP contribution in [0.1, 0.15) is 47.9 Å². The summed E-state index contributed by atoms with van der Waals surface area (Å²) in [6, 6.07) is 2.13. The van der Waals surface area contributed by atoms with E-state index in [-0.39, 0.29) is 6.04 Å². The first-order chi connectivity index (χ1) is 11.5. The first kappa shape index (κ1) is 16.4. The van der Waals surface area contributed by atoms with Gasteiger partial charge >= 0.3 is 0 Å². The zero-order valence-electron chi connectivity index (χ0n) is 14.8. The molecule has 1 N–H and O–H groups in total. The van der Waals surface area contributed by atoms with Crippen molar-refractivity contribution in [3.63, 3.8) is 0 Å². The molecule has 3 rings (SSSR count). The summed E-state index contributed by atoms with van der Waals surface area (Å²) < 4.78 is 12.6. The van der Waals surface area contributed by atoms with Gasteiger partial charge in [-0.15, -0.1) is 0 Å². The van der Waals surface area contributed by atoms with Crippen molar-refractivity contribution in [2.45, 2.75) is 46.7 Å². The summed E-state index contributed by atoms with van der Waals surface area (Å²) in [5, 5.41) is 15.9. The second kappa shape index (κ2) is 6.60. The van der Waals surface area contributed by atoms with Crippen molar-refractivity contribution < 1.29 is 9.05 Å². The van der Waals surface area contributed by atoms with Gasteiger partial charge in [0.05, 0.1) is 18.4 Å². The first-order valence-corrected chi connectivity index (χ1v) is 8.12. The number of aryl methyl sites for hydroxylation is 3. The van der Waals surface area contributed by atoms with E-state index < -0.39 is 0 Å². The Morgan fingerprint density at radius 3 is 2.58 bits per heavy atom. The maximum absolute atomic E-state index is 5.47. The van der Waals surface area contributed by atoms with Gasteiger partial charge in [0.15, 0.2) is 5.76 Å². The highest BCUT2D eigenvalue weighted by molar-refractivity contribution is 5.60. The van der Waals surface area contributed by atoms with Crippen molar-refractivity contribution >= 4 is 0 Å². The SMILES string of the molecule is CCC(NCc1cc(-c2cnn(C)c2C)no1)c1c(C)noc1C. The Balaban J connectivity index is 1.72.